The van der Waals surface area contributed by atoms with Gasteiger partial charge in [-0.2, -0.15) is 4.83 Å². The van der Waals surface area contributed by atoms with Crippen LogP contribution in [0.3, 0.4) is 0 Å². The minimum atomic E-state index is -2.54. The lowest BCUT2D eigenvalue weighted by molar-refractivity contribution is 0.202. The van der Waals surface area contributed by atoms with E-state index >= 15 is 0 Å². The highest BCUT2D eigenvalue weighted by atomic mass is 32.2. The molecule has 2 N–H and O–H groups in total. The van der Waals surface area contributed by atoms with Gasteiger partial charge >= 0.3 is 0 Å². The van der Waals surface area contributed by atoms with Gasteiger partial charge in [-0.1, -0.05) is 13.3 Å². The first-order valence-electron chi connectivity index (χ1n) is 4.43. The van der Waals surface area contributed by atoms with Crippen LogP contribution >= 0.6 is 0 Å². The fraction of sp³-hybridized carbons (Fsp3) is 1.00. The van der Waals surface area contributed by atoms with Crippen molar-refractivity contribution >= 4 is 9.92 Å². The van der Waals surface area contributed by atoms with E-state index in [1.807, 2.05) is 5.01 Å². The average molecular weight is 191 g/mol. The number of nitrogens with one attached hydrogen (secondary N) is 2. The van der Waals surface area contributed by atoms with Gasteiger partial charge in [0.05, 0.1) is 0 Å². The van der Waals surface area contributed by atoms with E-state index in [4.69, 9.17) is 4.78 Å². The van der Waals surface area contributed by atoms with Crippen LogP contribution in [-0.2, 0) is 9.92 Å². The van der Waals surface area contributed by atoms with Crippen LogP contribution in [0.5, 0.6) is 0 Å². The van der Waals surface area contributed by atoms with E-state index in [9.17, 15) is 4.21 Å². The summed E-state index contributed by atoms with van der Waals surface area (Å²) in [6.07, 6.45) is 3.54. The molecule has 5 heteroatoms. The summed E-state index contributed by atoms with van der Waals surface area (Å²) in [6, 6.07) is 0. The maximum absolute atomic E-state index is 11.3. The second-order valence-electron chi connectivity index (χ2n) is 3.10. The molecule has 0 amide bonds. The Labute approximate surface area is 74.4 Å². The molecule has 0 radical (unpaired) electrons. The minimum Gasteiger partial charge on any atom is -0.239 e. The zero-order valence-corrected chi connectivity index (χ0v) is 8.32. The SMILES string of the molecule is CCS(=N)(=O)NN1CCCCC1. The summed E-state index contributed by atoms with van der Waals surface area (Å²) in [5, 5.41) is 1.92. The predicted molar refractivity (Wildman–Crippen MR) is 50.0 cm³/mol. The molecule has 4 nitrogen and oxygen atoms in total. The van der Waals surface area contributed by atoms with Gasteiger partial charge in [-0.15, -0.1) is 0 Å². The molecule has 1 rings (SSSR count). The Hall–Kier alpha value is -0.130. The van der Waals surface area contributed by atoms with E-state index in [1.165, 1.54) is 6.42 Å². The van der Waals surface area contributed by atoms with Gasteiger partial charge in [0.2, 0.25) is 0 Å². The lowest BCUT2D eigenvalue weighted by atomic mass is 10.2. The zero-order valence-electron chi connectivity index (χ0n) is 7.51. The predicted octanol–water partition coefficient (Wildman–Crippen LogP) is 0.959. The number of hydrogen-bond donors (Lipinski definition) is 2. The van der Waals surface area contributed by atoms with E-state index in [0.29, 0.717) is 5.75 Å². The molecule has 0 aromatic rings. The van der Waals surface area contributed by atoms with E-state index in [-0.39, 0.29) is 0 Å². The fourth-order valence-electron chi connectivity index (χ4n) is 1.26. The van der Waals surface area contributed by atoms with E-state index in [0.717, 1.165) is 25.9 Å². The molecule has 1 saturated heterocycles. The van der Waals surface area contributed by atoms with Crippen LogP contribution in [0.4, 0.5) is 0 Å². The molecule has 1 aliphatic heterocycles. The van der Waals surface area contributed by atoms with Crippen molar-refractivity contribution in [2.24, 2.45) is 0 Å². The summed E-state index contributed by atoms with van der Waals surface area (Å²) in [7, 11) is -2.54. The first-order valence-corrected chi connectivity index (χ1v) is 6.15. The van der Waals surface area contributed by atoms with Crippen molar-refractivity contribution in [1.29, 1.82) is 4.78 Å². The number of nitrogens with zero attached hydrogens (tertiary/aromatic N) is 1. The molecule has 0 spiro atoms. The van der Waals surface area contributed by atoms with Crippen LogP contribution < -0.4 is 4.83 Å². The lowest BCUT2D eigenvalue weighted by Gasteiger charge is -2.27. The second kappa shape index (κ2) is 4.20. The van der Waals surface area contributed by atoms with Gasteiger partial charge in [-0.05, 0) is 12.8 Å². The Morgan fingerprint density at radius 2 is 2.00 bits per heavy atom. The lowest BCUT2D eigenvalue weighted by Crippen LogP contribution is -2.44. The summed E-state index contributed by atoms with van der Waals surface area (Å²) in [6.45, 7) is 3.62. The number of hydrogen-bond acceptors (Lipinski definition) is 3. The third-order valence-electron chi connectivity index (χ3n) is 2.04. The molecular weight excluding hydrogens is 174 g/mol. The van der Waals surface area contributed by atoms with Crippen molar-refractivity contribution in [1.82, 2.24) is 9.84 Å². The van der Waals surface area contributed by atoms with Crippen molar-refractivity contribution in [3.05, 3.63) is 0 Å². The maximum atomic E-state index is 11.3. The Morgan fingerprint density at radius 1 is 1.42 bits per heavy atom. The van der Waals surface area contributed by atoms with Gasteiger partial charge in [-0.25, -0.2) is 14.0 Å². The molecule has 0 aliphatic carbocycles. The third kappa shape index (κ3) is 3.08. The Kier molecular flexibility index (Phi) is 3.49. The summed E-state index contributed by atoms with van der Waals surface area (Å²) >= 11 is 0. The van der Waals surface area contributed by atoms with Crippen LogP contribution in [0, 0.1) is 4.78 Å². The van der Waals surface area contributed by atoms with Gasteiger partial charge in [0.15, 0.2) is 0 Å². The maximum Gasteiger partial charge on any atom is 0.118 e. The summed E-state index contributed by atoms with van der Waals surface area (Å²) in [4.78, 5) is 2.77. The zero-order chi connectivity index (χ0) is 9.03. The third-order valence-corrected chi connectivity index (χ3v) is 3.41. The van der Waals surface area contributed by atoms with Crippen molar-refractivity contribution in [3.8, 4) is 0 Å². The summed E-state index contributed by atoms with van der Waals surface area (Å²) in [5.74, 6) is 0.378. The molecule has 12 heavy (non-hydrogen) atoms. The molecule has 72 valence electrons. The smallest absolute Gasteiger partial charge is 0.118 e. The monoisotopic (exact) mass is 191 g/mol. The van der Waals surface area contributed by atoms with E-state index in [2.05, 4.69) is 4.83 Å². The van der Waals surface area contributed by atoms with Gasteiger partial charge in [0.25, 0.3) is 0 Å². The average Bonchev–Trinajstić information content (AvgIpc) is 2.06. The van der Waals surface area contributed by atoms with Crippen LogP contribution in [0.1, 0.15) is 26.2 Å². The van der Waals surface area contributed by atoms with Crippen LogP contribution in [0.25, 0.3) is 0 Å². The van der Waals surface area contributed by atoms with Crippen LogP contribution in [0.15, 0.2) is 0 Å². The largest absolute Gasteiger partial charge is 0.239 e. The van der Waals surface area contributed by atoms with E-state index in [1.54, 1.807) is 6.92 Å². The number of hydrazine groups is 1. The summed E-state index contributed by atoms with van der Waals surface area (Å²) in [5.41, 5.74) is 0. The molecule has 1 atom stereocenters. The first-order chi connectivity index (χ1) is 5.64. The fourth-order valence-corrected chi connectivity index (χ4v) is 1.99. The van der Waals surface area contributed by atoms with Gasteiger partial charge < -0.3 is 0 Å². The standard InChI is InChI=1S/C7H17N3OS/c1-2-12(8,11)9-10-6-4-3-5-7-10/h2-7H2,1H3,(H2,8,9,11). The van der Waals surface area contributed by atoms with Crippen molar-refractivity contribution in [3.63, 3.8) is 0 Å². The highest BCUT2D eigenvalue weighted by molar-refractivity contribution is 7.90. The molecule has 1 fully saturated rings. The summed E-state index contributed by atoms with van der Waals surface area (Å²) < 4.78 is 18.7. The Balaban J connectivity index is 2.39. The van der Waals surface area contributed by atoms with Crippen LogP contribution in [-0.4, -0.2) is 28.1 Å². The molecular formula is C7H17N3OS. The quantitative estimate of drug-likeness (QED) is 0.698. The molecule has 0 aromatic heterocycles. The van der Waals surface area contributed by atoms with Gasteiger partial charge in [-0.3, -0.25) is 0 Å². The molecule has 0 saturated carbocycles. The Morgan fingerprint density at radius 3 is 2.50 bits per heavy atom. The topological polar surface area (TPSA) is 56.2 Å². The molecule has 1 unspecified atom stereocenters. The molecule has 0 aromatic carbocycles. The number of piperidine rings is 1. The molecule has 0 bridgehead atoms. The Bertz CT molecular complexity index is 219. The van der Waals surface area contributed by atoms with Crippen molar-refractivity contribution in [2.75, 3.05) is 18.8 Å². The minimum absolute atomic E-state index is 0.378. The first kappa shape index (κ1) is 9.95. The molecule has 1 aliphatic rings. The van der Waals surface area contributed by atoms with Crippen LogP contribution in [0.2, 0.25) is 0 Å². The highest BCUT2D eigenvalue weighted by Gasteiger charge is 2.13. The van der Waals surface area contributed by atoms with Crippen molar-refractivity contribution < 1.29 is 4.21 Å². The number of rotatable bonds is 3. The highest BCUT2D eigenvalue weighted by Crippen LogP contribution is 2.06. The normalized spacial score (nSPS) is 25.1. The second-order valence-corrected chi connectivity index (χ2v) is 5.21. The van der Waals surface area contributed by atoms with Gasteiger partial charge in [0.1, 0.15) is 9.92 Å². The van der Waals surface area contributed by atoms with E-state index < -0.39 is 9.92 Å². The molecule has 1 heterocycles. The van der Waals surface area contributed by atoms with Gasteiger partial charge in [0, 0.05) is 18.8 Å². The van der Waals surface area contributed by atoms with Crippen molar-refractivity contribution in [2.45, 2.75) is 26.2 Å².